The fourth-order valence-corrected chi connectivity index (χ4v) is 2.00. The molecule has 1 aliphatic carbocycles. The molecule has 0 spiro atoms. The lowest BCUT2D eigenvalue weighted by molar-refractivity contribution is -0.153. The highest BCUT2D eigenvalue weighted by Gasteiger charge is 2.32. The number of rotatable bonds is 6. The van der Waals surface area contributed by atoms with Crippen molar-refractivity contribution >= 4 is 17.9 Å². The van der Waals surface area contributed by atoms with Crippen LogP contribution in [0, 0.1) is 11.8 Å². The van der Waals surface area contributed by atoms with Crippen molar-refractivity contribution in [3.8, 4) is 0 Å². The summed E-state index contributed by atoms with van der Waals surface area (Å²) in [5, 5.41) is 9.10. The number of hydrogen-bond donors (Lipinski definition) is 1. The molecule has 6 heteroatoms. The second-order valence-electron chi connectivity index (χ2n) is 4.57. The molecule has 0 fully saturated rings. The predicted molar refractivity (Wildman–Crippen MR) is 69.7 cm³/mol. The summed E-state index contributed by atoms with van der Waals surface area (Å²) < 4.78 is 9.59. The molecule has 1 aliphatic rings. The van der Waals surface area contributed by atoms with Crippen molar-refractivity contribution in [1.29, 1.82) is 0 Å². The Kier molecular flexibility index (Phi) is 5.96. The van der Waals surface area contributed by atoms with Gasteiger partial charge in [-0.3, -0.25) is 4.79 Å². The monoisotopic (exact) mass is 282 g/mol. The lowest BCUT2D eigenvalue weighted by atomic mass is 9.83. The van der Waals surface area contributed by atoms with E-state index >= 15 is 0 Å². The van der Waals surface area contributed by atoms with E-state index < -0.39 is 23.8 Å². The van der Waals surface area contributed by atoms with Gasteiger partial charge in [-0.25, -0.2) is 9.59 Å². The lowest BCUT2D eigenvalue weighted by Gasteiger charge is -2.23. The quantitative estimate of drug-likeness (QED) is 0.449. The van der Waals surface area contributed by atoms with Gasteiger partial charge in [0.05, 0.1) is 5.92 Å². The van der Waals surface area contributed by atoms with Gasteiger partial charge in [-0.1, -0.05) is 19.6 Å². The first-order chi connectivity index (χ1) is 9.45. The van der Waals surface area contributed by atoms with E-state index in [1.54, 1.807) is 6.08 Å². The van der Waals surface area contributed by atoms with Crippen molar-refractivity contribution in [3.63, 3.8) is 0 Å². The van der Waals surface area contributed by atoms with Gasteiger partial charge in [-0.15, -0.1) is 0 Å². The average molecular weight is 282 g/mol. The van der Waals surface area contributed by atoms with Gasteiger partial charge in [0, 0.05) is 11.6 Å². The van der Waals surface area contributed by atoms with Crippen LogP contribution in [0.4, 0.5) is 0 Å². The van der Waals surface area contributed by atoms with E-state index in [9.17, 15) is 14.4 Å². The van der Waals surface area contributed by atoms with E-state index in [1.807, 2.05) is 6.92 Å². The normalized spacial score (nSPS) is 21.6. The van der Waals surface area contributed by atoms with Crippen molar-refractivity contribution in [2.24, 2.45) is 11.8 Å². The number of carbonyl (C=O) groups excluding carboxylic acids is 2. The SMILES string of the molecule is C=CC(=O)OCCOC(=O)C1CCC(C)C=C1C(=O)O. The largest absolute Gasteiger partial charge is 0.478 e. The minimum Gasteiger partial charge on any atom is -0.478 e. The number of esters is 2. The summed E-state index contributed by atoms with van der Waals surface area (Å²) in [5.74, 6) is -2.91. The van der Waals surface area contributed by atoms with E-state index in [1.165, 1.54) is 0 Å². The third-order valence-electron chi connectivity index (χ3n) is 3.02. The van der Waals surface area contributed by atoms with Crippen molar-refractivity contribution in [3.05, 3.63) is 24.3 Å². The summed E-state index contributed by atoms with van der Waals surface area (Å²) in [5.41, 5.74) is 0.0804. The summed E-state index contributed by atoms with van der Waals surface area (Å²) in [4.78, 5) is 33.7. The van der Waals surface area contributed by atoms with Crippen LogP contribution >= 0.6 is 0 Å². The third-order valence-corrected chi connectivity index (χ3v) is 3.02. The van der Waals surface area contributed by atoms with Crippen molar-refractivity contribution in [2.45, 2.75) is 19.8 Å². The van der Waals surface area contributed by atoms with Gasteiger partial charge in [0.2, 0.25) is 0 Å². The molecule has 0 aromatic rings. The molecule has 2 unspecified atom stereocenters. The van der Waals surface area contributed by atoms with Gasteiger partial charge in [-0.2, -0.15) is 0 Å². The fourth-order valence-electron chi connectivity index (χ4n) is 2.00. The standard InChI is InChI=1S/C14H18O6/c1-3-12(15)19-6-7-20-14(18)10-5-4-9(2)8-11(10)13(16)17/h3,8-10H,1,4-7H2,2H3,(H,16,17). The molecule has 0 aromatic heterocycles. The number of allylic oxidation sites excluding steroid dienone is 1. The molecule has 0 aromatic carbocycles. The maximum Gasteiger partial charge on any atom is 0.332 e. The van der Waals surface area contributed by atoms with Crippen LogP contribution in [0.15, 0.2) is 24.3 Å². The lowest BCUT2D eigenvalue weighted by Crippen LogP contribution is -2.28. The molecule has 2 atom stereocenters. The number of hydrogen-bond acceptors (Lipinski definition) is 5. The summed E-state index contributed by atoms with van der Waals surface area (Å²) in [6.07, 6.45) is 3.79. The Labute approximate surface area is 117 Å². The number of carboxylic acid groups (broad SMARTS) is 1. The van der Waals surface area contributed by atoms with Crippen molar-refractivity contribution in [2.75, 3.05) is 13.2 Å². The van der Waals surface area contributed by atoms with Crippen LogP contribution < -0.4 is 0 Å². The van der Waals surface area contributed by atoms with Gasteiger partial charge in [0.1, 0.15) is 13.2 Å². The smallest absolute Gasteiger partial charge is 0.332 e. The summed E-state index contributed by atoms with van der Waals surface area (Å²) in [7, 11) is 0. The summed E-state index contributed by atoms with van der Waals surface area (Å²) >= 11 is 0. The van der Waals surface area contributed by atoms with Gasteiger partial charge >= 0.3 is 17.9 Å². The van der Waals surface area contributed by atoms with Crippen LogP contribution in [-0.2, 0) is 23.9 Å². The van der Waals surface area contributed by atoms with Crippen LogP contribution in [-0.4, -0.2) is 36.2 Å². The van der Waals surface area contributed by atoms with Crippen molar-refractivity contribution < 1.29 is 29.0 Å². The second-order valence-corrected chi connectivity index (χ2v) is 4.57. The fraction of sp³-hybridized carbons (Fsp3) is 0.500. The summed E-state index contributed by atoms with van der Waals surface area (Å²) in [6, 6.07) is 0. The second kappa shape index (κ2) is 7.47. The van der Waals surface area contributed by atoms with Gasteiger partial charge in [-0.05, 0) is 18.8 Å². The van der Waals surface area contributed by atoms with Crippen LogP contribution in [0.2, 0.25) is 0 Å². The number of aliphatic carboxylic acids is 1. The van der Waals surface area contributed by atoms with E-state index in [2.05, 4.69) is 11.3 Å². The summed E-state index contributed by atoms with van der Waals surface area (Å²) in [6.45, 7) is 4.95. The Hall–Kier alpha value is -2.11. The predicted octanol–water partition coefficient (Wildman–Crippen LogP) is 1.32. The van der Waals surface area contributed by atoms with Crippen molar-refractivity contribution in [1.82, 2.24) is 0 Å². The minimum atomic E-state index is -1.10. The Bertz CT molecular complexity index is 437. The maximum atomic E-state index is 11.8. The molecular weight excluding hydrogens is 264 g/mol. The van der Waals surface area contributed by atoms with E-state index in [-0.39, 0.29) is 24.7 Å². The minimum absolute atomic E-state index is 0.0775. The molecule has 0 heterocycles. The molecule has 20 heavy (non-hydrogen) atoms. The van der Waals surface area contributed by atoms with Crippen LogP contribution in [0.25, 0.3) is 0 Å². The third kappa shape index (κ3) is 4.53. The number of carbonyl (C=O) groups is 3. The van der Waals surface area contributed by atoms with Crippen LogP contribution in [0.5, 0.6) is 0 Å². The molecule has 0 saturated carbocycles. The van der Waals surface area contributed by atoms with E-state index in [0.29, 0.717) is 6.42 Å². The first-order valence-electron chi connectivity index (χ1n) is 6.36. The first-order valence-corrected chi connectivity index (χ1v) is 6.36. The molecule has 110 valence electrons. The number of ether oxygens (including phenoxy) is 2. The van der Waals surface area contributed by atoms with Crippen LogP contribution in [0.3, 0.4) is 0 Å². The Morgan fingerprint density at radius 1 is 1.35 bits per heavy atom. The van der Waals surface area contributed by atoms with Gasteiger partial charge in [0.25, 0.3) is 0 Å². The van der Waals surface area contributed by atoms with E-state index in [4.69, 9.17) is 9.84 Å². The zero-order valence-corrected chi connectivity index (χ0v) is 11.3. The molecule has 0 radical (unpaired) electrons. The van der Waals surface area contributed by atoms with Gasteiger partial charge in [0.15, 0.2) is 0 Å². The molecule has 1 N–H and O–H groups in total. The molecule has 0 saturated heterocycles. The zero-order chi connectivity index (χ0) is 15.1. The highest BCUT2D eigenvalue weighted by Crippen LogP contribution is 2.29. The zero-order valence-electron chi connectivity index (χ0n) is 11.3. The average Bonchev–Trinajstić information content (AvgIpc) is 2.42. The van der Waals surface area contributed by atoms with Gasteiger partial charge < -0.3 is 14.6 Å². The Balaban J connectivity index is 2.50. The Morgan fingerprint density at radius 3 is 2.60 bits per heavy atom. The topological polar surface area (TPSA) is 89.9 Å². The Morgan fingerprint density at radius 2 is 2.00 bits per heavy atom. The molecule has 0 bridgehead atoms. The highest BCUT2D eigenvalue weighted by atomic mass is 16.6. The molecule has 6 nitrogen and oxygen atoms in total. The number of carboxylic acids is 1. The maximum absolute atomic E-state index is 11.8. The molecule has 1 rings (SSSR count). The highest BCUT2D eigenvalue weighted by molar-refractivity contribution is 5.94. The van der Waals surface area contributed by atoms with E-state index in [0.717, 1.165) is 12.5 Å². The molecule has 0 aliphatic heterocycles. The molecular formula is C14H18O6. The molecule has 0 amide bonds. The van der Waals surface area contributed by atoms with Crippen LogP contribution in [0.1, 0.15) is 19.8 Å². The first kappa shape index (κ1) is 15.9.